The van der Waals surface area contributed by atoms with Crippen LogP contribution in [0, 0.1) is 0 Å². The van der Waals surface area contributed by atoms with E-state index in [0.29, 0.717) is 11.9 Å². The minimum absolute atomic E-state index is 0.169. The summed E-state index contributed by atoms with van der Waals surface area (Å²) in [6.07, 6.45) is 1.39. The molecule has 1 aromatic rings. The fourth-order valence-corrected chi connectivity index (χ4v) is 1.70. The van der Waals surface area contributed by atoms with E-state index in [9.17, 15) is 9.50 Å². The van der Waals surface area contributed by atoms with Crippen molar-refractivity contribution in [1.29, 1.82) is 0 Å². The SMILES string of the molecule is CC(C)c1cnc(N2C[C@H](O)[C@@H](F)C2)nc1. The minimum Gasteiger partial charge on any atom is -0.388 e. The first-order valence-corrected chi connectivity index (χ1v) is 5.47. The van der Waals surface area contributed by atoms with E-state index in [0.717, 1.165) is 5.56 Å². The van der Waals surface area contributed by atoms with Crippen molar-refractivity contribution in [2.24, 2.45) is 0 Å². The number of nitrogens with zero attached hydrogens (tertiary/aromatic N) is 3. The Labute approximate surface area is 94.1 Å². The third-order valence-corrected chi connectivity index (χ3v) is 2.83. The molecule has 1 aliphatic rings. The van der Waals surface area contributed by atoms with Gasteiger partial charge in [-0.1, -0.05) is 13.8 Å². The zero-order valence-electron chi connectivity index (χ0n) is 9.47. The number of alkyl halides is 1. The van der Waals surface area contributed by atoms with E-state index in [4.69, 9.17) is 0 Å². The average molecular weight is 225 g/mol. The first-order chi connectivity index (χ1) is 7.58. The molecule has 0 bridgehead atoms. The Morgan fingerprint density at radius 3 is 2.44 bits per heavy atom. The summed E-state index contributed by atoms with van der Waals surface area (Å²) in [6.45, 7) is 4.57. The molecule has 1 aliphatic heterocycles. The van der Waals surface area contributed by atoms with Crippen LogP contribution in [0.25, 0.3) is 0 Å². The standard InChI is InChI=1S/C11H16FN3O/c1-7(2)8-3-13-11(14-4-8)15-5-9(12)10(16)6-15/h3-4,7,9-10,16H,5-6H2,1-2H3/t9-,10-/m0/s1. The van der Waals surface area contributed by atoms with Crippen LogP contribution in [-0.2, 0) is 0 Å². The van der Waals surface area contributed by atoms with Crippen molar-refractivity contribution < 1.29 is 9.50 Å². The normalized spacial score (nSPS) is 25.4. The largest absolute Gasteiger partial charge is 0.388 e. The van der Waals surface area contributed by atoms with Gasteiger partial charge >= 0.3 is 0 Å². The second-order valence-electron chi connectivity index (χ2n) is 4.46. The number of hydrogen-bond acceptors (Lipinski definition) is 4. The van der Waals surface area contributed by atoms with Crippen LogP contribution in [0.4, 0.5) is 10.3 Å². The fraction of sp³-hybridized carbons (Fsp3) is 0.636. The highest BCUT2D eigenvalue weighted by molar-refractivity contribution is 5.33. The van der Waals surface area contributed by atoms with Crippen LogP contribution in [0.3, 0.4) is 0 Å². The van der Waals surface area contributed by atoms with Gasteiger partial charge in [-0.2, -0.15) is 0 Å². The lowest BCUT2D eigenvalue weighted by Crippen LogP contribution is -2.23. The Morgan fingerprint density at radius 1 is 1.38 bits per heavy atom. The number of aromatic nitrogens is 2. The van der Waals surface area contributed by atoms with Gasteiger partial charge < -0.3 is 10.0 Å². The number of β-amino-alcohol motifs (C(OH)–C–C–N with tert-alkyl or cyclic N) is 1. The number of halogens is 1. The van der Waals surface area contributed by atoms with Crippen LogP contribution in [0.2, 0.25) is 0 Å². The van der Waals surface area contributed by atoms with Gasteiger partial charge in [-0.15, -0.1) is 0 Å². The van der Waals surface area contributed by atoms with Crippen LogP contribution in [-0.4, -0.2) is 40.4 Å². The van der Waals surface area contributed by atoms with E-state index in [2.05, 4.69) is 23.8 Å². The average Bonchev–Trinajstić information content (AvgIpc) is 2.59. The summed E-state index contributed by atoms with van der Waals surface area (Å²) in [5.74, 6) is 0.871. The highest BCUT2D eigenvalue weighted by atomic mass is 19.1. The van der Waals surface area contributed by atoms with Crippen molar-refractivity contribution >= 4 is 5.95 Å². The molecular weight excluding hydrogens is 209 g/mol. The maximum Gasteiger partial charge on any atom is 0.225 e. The van der Waals surface area contributed by atoms with Crippen LogP contribution >= 0.6 is 0 Å². The Kier molecular flexibility index (Phi) is 3.05. The molecule has 0 radical (unpaired) electrons. The number of aliphatic hydroxyl groups is 1. The van der Waals surface area contributed by atoms with Gasteiger partial charge in [-0.05, 0) is 11.5 Å². The summed E-state index contributed by atoms with van der Waals surface area (Å²) in [7, 11) is 0. The molecule has 4 nitrogen and oxygen atoms in total. The van der Waals surface area contributed by atoms with E-state index in [-0.39, 0.29) is 13.1 Å². The number of rotatable bonds is 2. The molecule has 16 heavy (non-hydrogen) atoms. The van der Waals surface area contributed by atoms with Gasteiger partial charge in [-0.25, -0.2) is 14.4 Å². The van der Waals surface area contributed by atoms with Crippen molar-refractivity contribution in [1.82, 2.24) is 9.97 Å². The van der Waals surface area contributed by atoms with Gasteiger partial charge in [0.1, 0.15) is 12.3 Å². The van der Waals surface area contributed by atoms with Gasteiger partial charge in [0.15, 0.2) is 0 Å². The van der Waals surface area contributed by atoms with Crippen molar-refractivity contribution in [3.8, 4) is 0 Å². The maximum atomic E-state index is 13.1. The molecule has 0 amide bonds. The molecule has 2 atom stereocenters. The van der Waals surface area contributed by atoms with Crippen LogP contribution in [0.15, 0.2) is 12.4 Å². The lowest BCUT2D eigenvalue weighted by molar-refractivity contribution is 0.118. The summed E-state index contributed by atoms with van der Waals surface area (Å²) in [6, 6.07) is 0. The van der Waals surface area contributed by atoms with Crippen molar-refractivity contribution in [3.63, 3.8) is 0 Å². The lowest BCUT2D eigenvalue weighted by atomic mass is 10.1. The first kappa shape index (κ1) is 11.3. The lowest BCUT2D eigenvalue weighted by Gasteiger charge is -2.15. The van der Waals surface area contributed by atoms with Crippen LogP contribution in [0.5, 0.6) is 0 Å². The number of aliphatic hydroxyl groups excluding tert-OH is 1. The zero-order chi connectivity index (χ0) is 11.7. The predicted octanol–water partition coefficient (Wildman–Crippen LogP) is 1.12. The topological polar surface area (TPSA) is 49.2 Å². The maximum absolute atomic E-state index is 13.1. The van der Waals surface area contributed by atoms with Gasteiger partial charge in [0.25, 0.3) is 0 Å². The van der Waals surface area contributed by atoms with Crippen molar-refractivity contribution in [2.75, 3.05) is 18.0 Å². The quantitative estimate of drug-likeness (QED) is 0.819. The van der Waals surface area contributed by atoms with Gasteiger partial charge in [0.05, 0.1) is 6.54 Å². The van der Waals surface area contributed by atoms with E-state index < -0.39 is 12.3 Å². The van der Waals surface area contributed by atoms with Crippen LogP contribution < -0.4 is 4.90 Å². The van der Waals surface area contributed by atoms with E-state index >= 15 is 0 Å². The molecule has 2 rings (SSSR count). The summed E-state index contributed by atoms with van der Waals surface area (Å²) < 4.78 is 13.1. The Bertz CT molecular complexity index is 345. The van der Waals surface area contributed by atoms with E-state index in [1.54, 1.807) is 17.3 Å². The molecule has 5 heteroatoms. The molecule has 0 unspecified atom stereocenters. The minimum atomic E-state index is -1.20. The summed E-state index contributed by atoms with van der Waals surface area (Å²) in [5, 5.41) is 9.30. The van der Waals surface area contributed by atoms with Crippen LogP contribution in [0.1, 0.15) is 25.3 Å². The molecule has 1 fully saturated rings. The highest BCUT2D eigenvalue weighted by Gasteiger charge is 2.32. The predicted molar refractivity (Wildman–Crippen MR) is 59.2 cm³/mol. The second-order valence-corrected chi connectivity index (χ2v) is 4.46. The zero-order valence-corrected chi connectivity index (χ0v) is 9.47. The van der Waals surface area contributed by atoms with Gasteiger partial charge in [-0.3, -0.25) is 0 Å². The molecule has 0 aromatic carbocycles. The molecule has 1 aromatic heterocycles. The first-order valence-electron chi connectivity index (χ1n) is 5.47. The Morgan fingerprint density at radius 2 is 2.00 bits per heavy atom. The summed E-state index contributed by atoms with van der Waals surface area (Å²) in [4.78, 5) is 10.0. The van der Waals surface area contributed by atoms with Crippen molar-refractivity contribution in [2.45, 2.75) is 32.0 Å². The van der Waals surface area contributed by atoms with Gasteiger partial charge in [0, 0.05) is 18.9 Å². The molecule has 1 N–H and O–H groups in total. The molecule has 1 saturated heterocycles. The third kappa shape index (κ3) is 2.14. The smallest absolute Gasteiger partial charge is 0.225 e. The molecule has 0 saturated carbocycles. The number of hydrogen-bond donors (Lipinski definition) is 1. The number of anilines is 1. The Balaban J connectivity index is 2.11. The van der Waals surface area contributed by atoms with E-state index in [1.165, 1.54) is 0 Å². The molecule has 0 spiro atoms. The molecule has 2 heterocycles. The second kappa shape index (κ2) is 4.33. The highest BCUT2D eigenvalue weighted by Crippen LogP contribution is 2.19. The Hall–Kier alpha value is -1.23. The molecular formula is C11H16FN3O. The monoisotopic (exact) mass is 225 g/mol. The molecule has 88 valence electrons. The summed E-state index contributed by atoms with van der Waals surface area (Å²) >= 11 is 0. The summed E-state index contributed by atoms with van der Waals surface area (Å²) in [5.41, 5.74) is 1.06. The van der Waals surface area contributed by atoms with Gasteiger partial charge in [0.2, 0.25) is 5.95 Å². The molecule has 0 aliphatic carbocycles. The van der Waals surface area contributed by atoms with E-state index in [1.807, 2.05) is 0 Å². The van der Waals surface area contributed by atoms with Crippen molar-refractivity contribution in [3.05, 3.63) is 18.0 Å². The fourth-order valence-electron chi connectivity index (χ4n) is 1.70. The third-order valence-electron chi connectivity index (χ3n) is 2.83.